The molecule has 0 saturated carbocycles. The summed E-state index contributed by atoms with van der Waals surface area (Å²) in [6.07, 6.45) is 7.33. The lowest BCUT2D eigenvalue weighted by Crippen LogP contribution is -2.62. The Balaban J connectivity index is 1.00. The third-order valence-corrected chi connectivity index (χ3v) is 23.8. The number of rotatable bonds is 54. The van der Waals surface area contributed by atoms with Crippen molar-refractivity contribution in [3.05, 3.63) is 144 Å². The molecule has 0 saturated heterocycles. The summed E-state index contributed by atoms with van der Waals surface area (Å²) in [6.45, 7) is 30.2. The minimum Gasteiger partial charge on any atom is -0.396 e. The highest BCUT2D eigenvalue weighted by Crippen LogP contribution is 2.26. The van der Waals surface area contributed by atoms with E-state index in [0.717, 1.165) is 27.4 Å². The Morgan fingerprint density at radius 1 is 0.285 bits per heavy atom. The minimum atomic E-state index is -1.48. The van der Waals surface area contributed by atoms with Crippen LogP contribution in [0.5, 0.6) is 0 Å². The molecule has 744 valence electrons. The number of hydrogen-bond donors (Lipinski definition) is 21. The molecule has 137 heavy (non-hydrogen) atoms. The lowest BCUT2D eigenvalue weighted by Gasteiger charge is -2.30. The van der Waals surface area contributed by atoms with Gasteiger partial charge in [-0.25, -0.2) is 0 Å². The number of carbonyl (C=O) groups excluding carboxylic acids is 16. The largest absolute Gasteiger partial charge is 0.396 e. The van der Waals surface area contributed by atoms with E-state index >= 15 is 33.6 Å². The molecule has 0 radical (unpaired) electrons. The summed E-state index contributed by atoms with van der Waals surface area (Å²) in [7, 11) is 0. The van der Waals surface area contributed by atoms with Crippen LogP contribution in [0.15, 0.2) is 122 Å². The first-order valence-electron chi connectivity index (χ1n) is 47.5. The van der Waals surface area contributed by atoms with Crippen LogP contribution in [-0.2, 0) is 102 Å². The first-order valence-corrected chi connectivity index (χ1v) is 47.5. The van der Waals surface area contributed by atoms with Gasteiger partial charge >= 0.3 is 0 Å². The summed E-state index contributed by atoms with van der Waals surface area (Å²) in [5, 5.41) is 56.6. The lowest BCUT2D eigenvalue weighted by atomic mass is 9.97. The molecule has 37 nitrogen and oxygen atoms in total. The van der Waals surface area contributed by atoms with Crippen LogP contribution in [0.3, 0.4) is 0 Å². The van der Waals surface area contributed by atoms with Crippen molar-refractivity contribution in [1.29, 1.82) is 0 Å². The van der Waals surface area contributed by atoms with E-state index in [1.54, 1.807) is 106 Å². The van der Waals surface area contributed by atoms with Crippen molar-refractivity contribution in [3.8, 4) is 0 Å². The summed E-state index contributed by atoms with van der Waals surface area (Å²) in [5.41, 5.74) is 5.53. The number of nitrogens with one attached hydrogen (secondary N) is 20. The highest BCUT2D eigenvalue weighted by Gasteiger charge is 2.41. The fraction of sp³-hybridized carbons (Fsp3) is 0.520. The van der Waals surface area contributed by atoms with E-state index in [-0.39, 0.29) is 101 Å². The topological polar surface area (TPSA) is 549 Å². The number of para-hydroxylation sites is 4. The highest BCUT2D eigenvalue weighted by molar-refractivity contribution is 6.02. The second-order valence-electron chi connectivity index (χ2n) is 38.6. The van der Waals surface area contributed by atoms with E-state index in [1.807, 2.05) is 126 Å². The van der Waals surface area contributed by atoms with Crippen molar-refractivity contribution in [1.82, 2.24) is 105 Å². The summed E-state index contributed by atoms with van der Waals surface area (Å²) >= 11 is 0. The molecule has 21 N–H and O–H groups in total. The van der Waals surface area contributed by atoms with Gasteiger partial charge in [-0.3, -0.25) is 76.7 Å². The van der Waals surface area contributed by atoms with E-state index in [9.17, 15) is 48.3 Å². The molecule has 0 aliphatic rings. The quantitative estimate of drug-likeness (QED) is 0.0180. The maximum Gasteiger partial charge on any atom is 0.243 e. The molecule has 37 heteroatoms. The first kappa shape index (κ1) is 109. The Morgan fingerprint density at radius 2 is 0.540 bits per heavy atom. The standard InChI is InChI=1S/C100H142N20O17/c1-52(2)38-74(110-87(124)60(17)108-82(123)50-106-97(134)83(56(9)10)107-51-122)90(127)109-61(18)88(125)118-84(57(11)12)98(135)116-77(41-55(7)8)93(130)114-79(43-63-47-103-71-33-24-20-29-67(63)71)94(131)111-76(40-54(5)6)92(129)115-81(45-65-49-105-73-35-26-22-31-69(65)73)96(133)119-86(59(15)16)100(137)120-85(58(13)14)99(136)117-80(44-64-48-104-72-34-25-21-30-68(64)72)95(132)112-75(39-53(3)4)91(128)113-78(89(126)101-36-27-37-121)42-62-46-102-70-32-23-19-28-66(62)70/h19-26,28-35,46-49,51-61,74-81,83-86,102-105,121H,27,36-45,50H2,1-18H3,(H,101,126)(H,106,134)(H,107,122)(H,108,123)(H,109,127)(H,110,124)(H,111,131)(H,112,132)(H,113,128)(H,114,130)(H,115,129)(H,116,135)(H,117,136)(H,118,125)(H,119,133)(H,120,137)/t60-,61-,74+,75+,76+,77+,78-,79-,80-,81-,83-,84+,85-,86+/m0/s1. The molecule has 4 aromatic carbocycles. The third kappa shape index (κ3) is 32.1. The molecule has 8 aromatic rings. The number of aromatic nitrogens is 4. The number of H-pyrrole nitrogens is 4. The SMILES string of the molecule is CC(C)C[C@@H](NC(=O)[C@H](C)NC(=O)CNC(=O)[C@@H](NC=O)C(C)C)C(=O)N[C@@H](C)C(=O)N[C@@H](C(=O)N[C@H](CC(C)C)C(=O)N[C@@H](Cc1c[nH]c2ccccc12)C(=O)N[C@H](CC(C)C)C(=O)N[C@@H](Cc1c[nH]c2ccccc12)C(=O)N[C@@H](C(=O)N[C@H](C(=O)N[C@@H](Cc1c[nH]c2ccccc12)C(=O)N[C@H](CC(C)C)C(=O)N[C@@H](Cc1c[nH]c2ccccc12)C(=O)NCCCO)C(C)C)C(C)C)C(C)C. The Kier molecular flexibility index (Phi) is 41.3. The Labute approximate surface area is 799 Å². The van der Waals surface area contributed by atoms with Gasteiger partial charge in [0.2, 0.25) is 95.0 Å². The van der Waals surface area contributed by atoms with Crippen LogP contribution >= 0.6 is 0 Å². The fourth-order valence-corrected chi connectivity index (χ4v) is 16.4. The molecule has 4 heterocycles. The van der Waals surface area contributed by atoms with Crippen LogP contribution in [0.1, 0.15) is 179 Å². The number of fused-ring (bicyclic) bond motifs is 4. The average Bonchev–Trinajstić information content (AvgIpc) is 1.68. The predicted octanol–water partition coefficient (Wildman–Crippen LogP) is 4.76. The molecule has 0 aliphatic carbocycles. The summed E-state index contributed by atoms with van der Waals surface area (Å²) in [4.78, 5) is 242. The van der Waals surface area contributed by atoms with Crippen LogP contribution in [0.25, 0.3) is 43.6 Å². The maximum absolute atomic E-state index is 15.5. The number of aromatic amines is 4. The molecule has 8 rings (SSSR count). The van der Waals surface area contributed by atoms with Crippen molar-refractivity contribution in [2.24, 2.45) is 47.3 Å². The molecular weight excluding hydrogens is 1750 g/mol. The van der Waals surface area contributed by atoms with Crippen molar-refractivity contribution in [2.75, 3.05) is 19.7 Å². The molecule has 0 bridgehead atoms. The van der Waals surface area contributed by atoms with Gasteiger partial charge in [0.25, 0.3) is 0 Å². The highest BCUT2D eigenvalue weighted by atomic mass is 16.3. The molecule has 4 aromatic heterocycles. The zero-order valence-corrected chi connectivity index (χ0v) is 81.8. The zero-order chi connectivity index (χ0) is 101. The molecule has 0 spiro atoms. The van der Waals surface area contributed by atoms with Gasteiger partial charge in [-0.05, 0) is 140 Å². The fourth-order valence-electron chi connectivity index (χ4n) is 16.4. The smallest absolute Gasteiger partial charge is 0.243 e. The van der Waals surface area contributed by atoms with E-state index < -0.39 is 197 Å². The van der Waals surface area contributed by atoms with E-state index in [1.165, 1.54) is 13.8 Å². The Bertz CT molecular complexity index is 5490. The van der Waals surface area contributed by atoms with Gasteiger partial charge in [0, 0.05) is 107 Å². The van der Waals surface area contributed by atoms with Gasteiger partial charge in [0.15, 0.2) is 0 Å². The van der Waals surface area contributed by atoms with E-state index in [4.69, 9.17) is 0 Å². The zero-order valence-electron chi connectivity index (χ0n) is 81.8. The monoisotopic (exact) mass is 1900 g/mol. The van der Waals surface area contributed by atoms with Gasteiger partial charge in [-0.15, -0.1) is 0 Å². The maximum atomic E-state index is 15.5. The van der Waals surface area contributed by atoms with E-state index in [2.05, 4.69) is 105 Å². The van der Waals surface area contributed by atoms with Gasteiger partial charge < -0.3 is 110 Å². The Hall–Kier alpha value is -13.5. The van der Waals surface area contributed by atoms with Crippen LogP contribution in [0.2, 0.25) is 0 Å². The number of aliphatic hydroxyl groups is 1. The van der Waals surface area contributed by atoms with Crippen LogP contribution in [0, 0.1) is 47.3 Å². The molecule has 14 atom stereocenters. The van der Waals surface area contributed by atoms with Crippen LogP contribution in [-0.4, -0.2) is 224 Å². The minimum absolute atomic E-state index is 0.0122. The summed E-state index contributed by atoms with van der Waals surface area (Å²) in [6, 6.07) is 11.2. The predicted molar refractivity (Wildman–Crippen MR) is 522 cm³/mol. The third-order valence-electron chi connectivity index (χ3n) is 23.8. The number of hydrogen-bond acceptors (Lipinski definition) is 17. The van der Waals surface area contributed by atoms with Crippen molar-refractivity contribution >= 4 is 139 Å². The van der Waals surface area contributed by atoms with E-state index in [0.29, 0.717) is 44.9 Å². The molecule has 16 amide bonds. The molecule has 0 unspecified atom stereocenters. The van der Waals surface area contributed by atoms with Crippen LogP contribution < -0.4 is 85.1 Å². The molecule has 0 aliphatic heterocycles. The van der Waals surface area contributed by atoms with Crippen molar-refractivity contribution in [2.45, 2.75) is 267 Å². The first-order chi connectivity index (χ1) is 64.9. The number of amides is 16. The van der Waals surface area contributed by atoms with Crippen molar-refractivity contribution in [3.63, 3.8) is 0 Å². The second-order valence-corrected chi connectivity index (χ2v) is 38.6. The van der Waals surface area contributed by atoms with Gasteiger partial charge in [0.05, 0.1) is 6.54 Å². The molecule has 0 fully saturated rings. The Morgan fingerprint density at radius 3 is 0.869 bits per heavy atom. The van der Waals surface area contributed by atoms with Crippen LogP contribution in [0.4, 0.5) is 0 Å². The average molecular weight is 1900 g/mol. The number of aliphatic hydroxyl groups excluding tert-OH is 1. The second kappa shape index (κ2) is 52.0. The lowest BCUT2D eigenvalue weighted by molar-refractivity contribution is -0.137. The molecular formula is C100H142N20O17. The normalized spacial score (nSPS) is 14.7. The number of benzene rings is 4. The number of carbonyl (C=O) groups is 16. The van der Waals surface area contributed by atoms with Crippen molar-refractivity contribution < 1.29 is 81.8 Å². The van der Waals surface area contributed by atoms with Gasteiger partial charge in [-0.2, -0.15) is 0 Å². The van der Waals surface area contributed by atoms with Gasteiger partial charge in [0.1, 0.15) is 84.6 Å². The summed E-state index contributed by atoms with van der Waals surface area (Å²) in [5.74, 6) is -14.5. The van der Waals surface area contributed by atoms with Gasteiger partial charge in [-0.1, -0.05) is 184 Å². The summed E-state index contributed by atoms with van der Waals surface area (Å²) < 4.78 is 0.